The second-order valence-electron chi connectivity index (χ2n) is 3.19. The standard InChI is InChI=1S/C11H10N4O/c12-11-13-5-10(6-14-11)15-9-3-1-8(7-16)2-4-9/h1-7,15H,(H2,12,13,14). The number of aldehydes is 1. The van der Waals surface area contributed by atoms with Crippen molar-refractivity contribution < 1.29 is 4.79 Å². The first-order valence-electron chi connectivity index (χ1n) is 4.68. The monoisotopic (exact) mass is 214 g/mol. The van der Waals surface area contributed by atoms with Gasteiger partial charge in [-0.15, -0.1) is 0 Å². The van der Waals surface area contributed by atoms with E-state index in [2.05, 4.69) is 15.3 Å². The molecule has 0 unspecified atom stereocenters. The van der Waals surface area contributed by atoms with Gasteiger partial charge < -0.3 is 11.1 Å². The van der Waals surface area contributed by atoms with Crippen molar-refractivity contribution in [2.75, 3.05) is 11.1 Å². The van der Waals surface area contributed by atoms with Gasteiger partial charge in [-0.05, 0) is 24.3 Å². The third kappa shape index (κ3) is 2.33. The molecule has 5 nitrogen and oxygen atoms in total. The molecule has 0 fully saturated rings. The average Bonchev–Trinajstić information content (AvgIpc) is 2.33. The smallest absolute Gasteiger partial charge is 0.220 e. The van der Waals surface area contributed by atoms with Gasteiger partial charge in [0, 0.05) is 11.3 Å². The van der Waals surface area contributed by atoms with Crippen LogP contribution in [0.5, 0.6) is 0 Å². The van der Waals surface area contributed by atoms with Crippen LogP contribution in [-0.4, -0.2) is 16.3 Å². The van der Waals surface area contributed by atoms with E-state index in [1.54, 1.807) is 36.7 Å². The number of hydrogen-bond acceptors (Lipinski definition) is 5. The summed E-state index contributed by atoms with van der Waals surface area (Å²) in [5.41, 5.74) is 7.61. The topological polar surface area (TPSA) is 80.9 Å². The number of hydrogen-bond donors (Lipinski definition) is 2. The Morgan fingerprint density at radius 2 is 1.69 bits per heavy atom. The van der Waals surface area contributed by atoms with Crippen molar-refractivity contribution in [3.63, 3.8) is 0 Å². The predicted octanol–water partition coefficient (Wildman–Crippen LogP) is 1.61. The molecule has 80 valence electrons. The number of aromatic nitrogens is 2. The van der Waals surface area contributed by atoms with Crippen LogP contribution in [0.2, 0.25) is 0 Å². The number of rotatable bonds is 3. The van der Waals surface area contributed by atoms with Crippen molar-refractivity contribution in [1.82, 2.24) is 9.97 Å². The van der Waals surface area contributed by atoms with Crippen LogP contribution in [0, 0.1) is 0 Å². The molecule has 2 aromatic rings. The summed E-state index contributed by atoms with van der Waals surface area (Å²) in [4.78, 5) is 18.2. The van der Waals surface area contributed by atoms with Crippen molar-refractivity contribution in [1.29, 1.82) is 0 Å². The average molecular weight is 214 g/mol. The van der Waals surface area contributed by atoms with E-state index in [0.29, 0.717) is 5.56 Å². The molecule has 0 aliphatic heterocycles. The molecule has 2 rings (SSSR count). The van der Waals surface area contributed by atoms with Crippen molar-refractivity contribution in [3.8, 4) is 0 Å². The molecule has 0 spiro atoms. The molecule has 0 radical (unpaired) electrons. The van der Waals surface area contributed by atoms with Crippen LogP contribution in [-0.2, 0) is 0 Å². The first-order valence-corrected chi connectivity index (χ1v) is 4.68. The zero-order valence-electron chi connectivity index (χ0n) is 8.42. The van der Waals surface area contributed by atoms with Crippen LogP contribution >= 0.6 is 0 Å². The van der Waals surface area contributed by atoms with Crippen LogP contribution < -0.4 is 11.1 Å². The largest absolute Gasteiger partial charge is 0.368 e. The molecule has 0 bridgehead atoms. The molecule has 3 N–H and O–H groups in total. The van der Waals surface area contributed by atoms with Crippen molar-refractivity contribution in [2.24, 2.45) is 0 Å². The van der Waals surface area contributed by atoms with Crippen LogP contribution in [0.15, 0.2) is 36.7 Å². The number of nitrogens with one attached hydrogen (secondary N) is 1. The number of nitrogen functional groups attached to an aromatic ring is 1. The highest BCUT2D eigenvalue weighted by Crippen LogP contribution is 2.15. The van der Waals surface area contributed by atoms with Crippen molar-refractivity contribution in [2.45, 2.75) is 0 Å². The van der Waals surface area contributed by atoms with Gasteiger partial charge in [0.1, 0.15) is 6.29 Å². The minimum Gasteiger partial charge on any atom is -0.368 e. The minimum absolute atomic E-state index is 0.238. The Balaban J connectivity index is 2.14. The molecule has 0 atom stereocenters. The second-order valence-corrected chi connectivity index (χ2v) is 3.19. The molecule has 1 aromatic heterocycles. The van der Waals surface area contributed by atoms with E-state index in [4.69, 9.17) is 5.73 Å². The number of nitrogens with zero attached hydrogens (tertiary/aromatic N) is 2. The van der Waals surface area contributed by atoms with Crippen LogP contribution in [0.3, 0.4) is 0 Å². The molecule has 0 saturated carbocycles. The van der Waals surface area contributed by atoms with Gasteiger partial charge in [-0.3, -0.25) is 4.79 Å². The third-order valence-corrected chi connectivity index (χ3v) is 2.01. The maximum absolute atomic E-state index is 10.5. The number of carbonyl (C=O) groups excluding carboxylic acids is 1. The lowest BCUT2D eigenvalue weighted by Crippen LogP contribution is -1.96. The summed E-state index contributed by atoms with van der Waals surface area (Å²) in [5, 5.41) is 3.09. The van der Waals surface area contributed by atoms with Gasteiger partial charge in [-0.25, -0.2) is 9.97 Å². The zero-order chi connectivity index (χ0) is 11.4. The number of anilines is 3. The van der Waals surface area contributed by atoms with Gasteiger partial charge >= 0.3 is 0 Å². The second kappa shape index (κ2) is 4.39. The summed E-state index contributed by atoms with van der Waals surface area (Å²) >= 11 is 0. The molecular weight excluding hydrogens is 204 g/mol. The number of carbonyl (C=O) groups is 1. The van der Waals surface area contributed by atoms with Crippen molar-refractivity contribution in [3.05, 3.63) is 42.2 Å². The van der Waals surface area contributed by atoms with Crippen LogP contribution in [0.25, 0.3) is 0 Å². The van der Waals surface area contributed by atoms with Crippen molar-refractivity contribution >= 4 is 23.6 Å². The Kier molecular flexibility index (Phi) is 2.77. The summed E-state index contributed by atoms with van der Waals surface area (Å²) in [7, 11) is 0. The zero-order valence-corrected chi connectivity index (χ0v) is 8.42. The summed E-state index contributed by atoms with van der Waals surface area (Å²) in [6.07, 6.45) is 3.99. The fourth-order valence-corrected chi connectivity index (χ4v) is 1.21. The Morgan fingerprint density at radius 3 is 2.25 bits per heavy atom. The summed E-state index contributed by atoms with van der Waals surface area (Å²) in [5.74, 6) is 0.238. The first kappa shape index (κ1) is 10.1. The van der Waals surface area contributed by atoms with Gasteiger partial charge in [0.15, 0.2) is 0 Å². The van der Waals surface area contributed by atoms with Gasteiger partial charge in [0.25, 0.3) is 0 Å². The maximum Gasteiger partial charge on any atom is 0.220 e. The Morgan fingerprint density at radius 1 is 1.06 bits per heavy atom. The number of nitrogens with two attached hydrogens (primary N) is 1. The van der Waals surface area contributed by atoms with E-state index < -0.39 is 0 Å². The predicted molar refractivity (Wildman–Crippen MR) is 61.6 cm³/mol. The van der Waals surface area contributed by atoms with Gasteiger partial charge in [0.05, 0.1) is 18.1 Å². The van der Waals surface area contributed by atoms with Gasteiger partial charge in [-0.2, -0.15) is 0 Å². The highest BCUT2D eigenvalue weighted by molar-refractivity contribution is 5.76. The molecule has 1 aromatic carbocycles. The van der Waals surface area contributed by atoms with Crippen LogP contribution in [0.4, 0.5) is 17.3 Å². The molecule has 0 amide bonds. The molecule has 0 saturated heterocycles. The van der Waals surface area contributed by atoms with E-state index in [1.807, 2.05) is 0 Å². The SMILES string of the molecule is Nc1ncc(Nc2ccc(C=O)cc2)cn1. The van der Waals surface area contributed by atoms with Crippen LogP contribution in [0.1, 0.15) is 10.4 Å². The molecule has 5 heteroatoms. The van der Waals surface area contributed by atoms with E-state index in [-0.39, 0.29) is 5.95 Å². The summed E-state index contributed by atoms with van der Waals surface area (Å²) in [6, 6.07) is 7.07. The highest BCUT2D eigenvalue weighted by Gasteiger charge is 1.96. The van der Waals surface area contributed by atoms with Gasteiger partial charge in [-0.1, -0.05) is 0 Å². The molecule has 1 heterocycles. The third-order valence-electron chi connectivity index (χ3n) is 2.01. The van der Waals surface area contributed by atoms with E-state index in [1.165, 1.54) is 0 Å². The first-order chi connectivity index (χ1) is 7.78. The Hall–Kier alpha value is -2.43. The Labute approximate surface area is 92.3 Å². The molecule has 0 aliphatic carbocycles. The maximum atomic E-state index is 10.5. The lowest BCUT2D eigenvalue weighted by molar-refractivity contribution is 0.112. The van der Waals surface area contributed by atoms with E-state index in [0.717, 1.165) is 17.7 Å². The highest BCUT2D eigenvalue weighted by atomic mass is 16.1. The normalized spacial score (nSPS) is 9.75. The van der Waals surface area contributed by atoms with E-state index in [9.17, 15) is 4.79 Å². The van der Waals surface area contributed by atoms with Gasteiger partial charge in [0.2, 0.25) is 5.95 Å². The fourth-order valence-electron chi connectivity index (χ4n) is 1.21. The minimum atomic E-state index is 0.238. The lowest BCUT2D eigenvalue weighted by atomic mass is 10.2. The molecule has 0 aliphatic rings. The summed E-state index contributed by atoms with van der Waals surface area (Å²) in [6.45, 7) is 0. The fraction of sp³-hybridized carbons (Fsp3) is 0. The summed E-state index contributed by atoms with van der Waals surface area (Å²) < 4.78 is 0. The number of benzene rings is 1. The Bertz CT molecular complexity index is 478. The molecular formula is C11H10N4O. The lowest BCUT2D eigenvalue weighted by Gasteiger charge is -2.05. The quantitative estimate of drug-likeness (QED) is 0.759. The molecule has 16 heavy (non-hydrogen) atoms. The van der Waals surface area contributed by atoms with E-state index >= 15 is 0 Å².